The van der Waals surface area contributed by atoms with Crippen LogP contribution in [0.3, 0.4) is 0 Å². The molecule has 5 aromatic rings. The SMILES string of the molecule is O=c1c2nc(Sc3ccc(C(F)(F)F)cc3)n([C@@H]3OC4CO[P+](=O)O[C@H]4[C@@H]3O)c2nc2[nH]c(-c3ccccc3)cn12. The lowest BCUT2D eigenvalue weighted by molar-refractivity contribution is -0.137. The van der Waals surface area contributed by atoms with E-state index in [1.165, 1.54) is 21.1 Å². The molecule has 0 radical (unpaired) electrons. The number of nitrogens with one attached hydrogen (secondary N) is 1. The molecule has 0 aliphatic carbocycles. The number of alkyl halides is 3. The smallest absolute Gasteiger partial charge is 0.385 e. The molecular formula is C25H18F3N5O6PS+. The van der Waals surface area contributed by atoms with Crippen molar-refractivity contribution in [3.8, 4) is 11.3 Å². The minimum absolute atomic E-state index is 0.0514. The van der Waals surface area contributed by atoms with Crippen molar-refractivity contribution in [3.63, 3.8) is 0 Å². The topological polar surface area (TPSA) is 133 Å². The Morgan fingerprint density at radius 3 is 2.59 bits per heavy atom. The summed E-state index contributed by atoms with van der Waals surface area (Å²) in [5.74, 6) is 0.196. The Bertz CT molecular complexity index is 1860. The first kappa shape index (κ1) is 26.3. The van der Waals surface area contributed by atoms with E-state index in [1.54, 1.807) is 6.20 Å². The van der Waals surface area contributed by atoms with E-state index in [-0.39, 0.29) is 28.7 Å². The number of aliphatic hydroxyl groups excluding tert-OH is 1. The van der Waals surface area contributed by atoms with Crippen LogP contribution in [0.2, 0.25) is 0 Å². The van der Waals surface area contributed by atoms with Gasteiger partial charge in [0.15, 0.2) is 28.7 Å². The summed E-state index contributed by atoms with van der Waals surface area (Å²) in [5.41, 5.74) is 0.142. The molecule has 210 valence electrons. The highest BCUT2D eigenvalue weighted by Crippen LogP contribution is 2.45. The third kappa shape index (κ3) is 4.54. The van der Waals surface area contributed by atoms with Crippen molar-refractivity contribution in [2.24, 2.45) is 0 Å². The molecule has 2 aliphatic heterocycles. The van der Waals surface area contributed by atoms with E-state index >= 15 is 0 Å². The number of fused-ring (bicyclic) bond motifs is 3. The van der Waals surface area contributed by atoms with Crippen LogP contribution in [0.5, 0.6) is 0 Å². The van der Waals surface area contributed by atoms with E-state index in [9.17, 15) is 27.6 Å². The Balaban J connectivity index is 1.37. The second kappa shape index (κ2) is 9.76. The van der Waals surface area contributed by atoms with Gasteiger partial charge in [0.25, 0.3) is 5.56 Å². The Morgan fingerprint density at radius 2 is 1.85 bits per heavy atom. The molecule has 11 nitrogen and oxygen atoms in total. The molecule has 41 heavy (non-hydrogen) atoms. The molecular weight excluding hydrogens is 586 g/mol. The first-order valence-corrected chi connectivity index (χ1v) is 14.1. The van der Waals surface area contributed by atoms with E-state index in [1.807, 2.05) is 30.3 Å². The number of ether oxygens (including phenoxy) is 1. The van der Waals surface area contributed by atoms with Gasteiger partial charge in [-0.25, -0.2) is 9.38 Å². The molecule has 2 saturated heterocycles. The summed E-state index contributed by atoms with van der Waals surface area (Å²) < 4.78 is 70.2. The summed E-state index contributed by atoms with van der Waals surface area (Å²) in [6.45, 7) is -0.0984. The minimum Gasteiger partial charge on any atom is -0.385 e. The number of benzene rings is 2. The number of aromatic nitrogens is 5. The van der Waals surface area contributed by atoms with Crippen LogP contribution in [0.15, 0.2) is 75.6 Å². The highest BCUT2D eigenvalue weighted by atomic mass is 32.2. The maximum atomic E-state index is 13.6. The lowest BCUT2D eigenvalue weighted by atomic mass is 10.1. The molecule has 16 heteroatoms. The largest absolute Gasteiger partial charge is 0.697 e. The monoisotopic (exact) mass is 604 g/mol. The maximum absolute atomic E-state index is 13.6. The third-order valence-electron chi connectivity index (χ3n) is 6.81. The highest BCUT2D eigenvalue weighted by Gasteiger charge is 2.55. The molecule has 3 aromatic heterocycles. The van der Waals surface area contributed by atoms with Gasteiger partial charge in [0.2, 0.25) is 5.78 Å². The van der Waals surface area contributed by atoms with Gasteiger partial charge in [0.05, 0.1) is 11.3 Å². The number of hydrogen-bond donors (Lipinski definition) is 2. The molecule has 0 bridgehead atoms. The van der Waals surface area contributed by atoms with Gasteiger partial charge in [-0.3, -0.25) is 9.36 Å². The van der Waals surface area contributed by atoms with Crippen LogP contribution in [0, 0.1) is 0 Å². The predicted octanol–water partition coefficient (Wildman–Crippen LogP) is 4.54. The standard InChI is InChI=1S/C25H17F3N5O6PS/c26-25(27,28)13-6-8-14(9-7-13)41-24-30-17-20(33(24)22-18(34)19-16(38-22)11-37-40(36)39-19)31-23-29-15(10-32(23)21(17)35)12-4-2-1-3-5-12/h1-10,16,18-19,22,34H,11H2/p+1/t16?,18-,19+,22+/m0/s1. The van der Waals surface area contributed by atoms with Crippen LogP contribution in [0.25, 0.3) is 28.2 Å². The van der Waals surface area contributed by atoms with Gasteiger partial charge in [-0.2, -0.15) is 18.2 Å². The number of aromatic amines is 1. The first-order chi connectivity index (χ1) is 19.7. The predicted molar refractivity (Wildman–Crippen MR) is 138 cm³/mol. The number of H-pyrrole nitrogens is 1. The van der Waals surface area contributed by atoms with E-state index in [2.05, 4.69) is 15.0 Å². The molecule has 2 aromatic carbocycles. The number of nitrogens with zero attached hydrogens (tertiary/aromatic N) is 4. The fourth-order valence-electron chi connectivity index (χ4n) is 4.85. The van der Waals surface area contributed by atoms with Crippen molar-refractivity contribution < 1.29 is 36.6 Å². The Morgan fingerprint density at radius 1 is 1.10 bits per heavy atom. The fraction of sp³-hybridized carbons (Fsp3) is 0.240. The zero-order valence-electron chi connectivity index (χ0n) is 20.6. The Hall–Kier alpha value is -3.59. The molecule has 2 unspecified atom stereocenters. The quantitative estimate of drug-likeness (QED) is 0.284. The van der Waals surface area contributed by atoms with E-state index < -0.39 is 50.1 Å². The zero-order valence-corrected chi connectivity index (χ0v) is 22.3. The summed E-state index contributed by atoms with van der Waals surface area (Å²) in [6, 6.07) is 13.7. The van der Waals surface area contributed by atoms with Gasteiger partial charge < -0.3 is 14.8 Å². The van der Waals surface area contributed by atoms with Crippen molar-refractivity contribution >= 4 is 37.0 Å². The summed E-state index contributed by atoms with van der Waals surface area (Å²) in [6.07, 6.45) is -7.21. The molecule has 5 atom stereocenters. The Labute approximate surface area is 232 Å². The van der Waals surface area contributed by atoms with Crippen molar-refractivity contribution in [1.82, 2.24) is 23.9 Å². The van der Waals surface area contributed by atoms with Crippen LogP contribution in [-0.4, -0.2) is 53.9 Å². The summed E-state index contributed by atoms with van der Waals surface area (Å²) in [5, 5.41) is 11.3. The van der Waals surface area contributed by atoms with Crippen molar-refractivity contribution in [1.29, 1.82) is 0 Å². The molecule has 2 aliphatic rings. The van der Waals surface area contributed by atoms with Crippen LogP contribution in [0.1, 0.15) is 11.8 Å². The average Bonchev–Trinajstić information content (AvgIpc) is 3.63. The van der Waals surface area contributed by atoms with Crippen molar-refractivity contribution in [3.05, 3.63) is 76.7 Å². The minimum atomic E-state index is -4.50. The summed E-state index contributed by atoms with van der Waals surface area (Å²) >= 11 is 0.965. The lowest BCUT2D eigenvalue weighted by Gasteiger charge is -2.18. The van der Waals surface area contributed by atoms with Crippen LogP contribution >= 0.6 is 20.0 Å². The third-order valence-corrected chi connectivity index (χ3v) is 8.56. The molecule has 2 fully saturated rings. The van der Waals surface area contributed by atoms with Gasteiger partial charge in [0, 0.05) is 15.7 Å². The first-order valence-electron chi connectivity index (χ1n) is 12.2. The van der Waals surface area contributed by atoms with Crippen molar-refractivity contribution in [2.75, 3.05) is 6.61 Å². The van der Waals surface area contributed by atoms with Gasteiger partial charge in [0.1, 0.15) is 18.8 Å². The summed E-state index contributed by atoms with van der Waals surface area (Å²) in [4.78, 5) is 26.2. The second-order valence-electron chi connectivity index (χ2n) is 9.35. The van der Waals surface area contributed by atoms with E-state index in [0.29, 0.717) is 10.6 Å². The normalized spacial score (nSPS) is 23.9. The average molecular weight is 604 g/mol. The van der Waals surface area contributed by atoms with Gasteiger partial charge in [-0.05, 0) is 29.8 Å². The molecule has 0 saturated carbocycles. The number of aliphatic hydroxyl groups is 1. The van der Waals surface area contributed by atoms with Crippen LogP contribution in [0.4, 0.5) is 13.2 Å². The number of rotatable bonds is 4. The fourth-order valence-corrected chi connectivity index (χ4v) is 6.55. The van der Waals surface area contributed by atoms with E-state index in [4.69, 9.17) is 13.8 Å². The molecule has 0 spiro atoms. The van der Waals surface area contributed by atoms with Gasteiger partial charge >= 0.3 is 14.4 Å². The van der Waals surface area contributed by atoms with Gasteiger partial charge in [-0.1, -0.05) is 42.1 Å². The number of imidazole rings is 2. The van der Waals surface area contributed by atoms with Crippen LogP contribution in [-0.2, 0) is 24.5 Å². The Kier molecular flexibility index (Phi) is 6.26. The highest BCUT2D eigenvalue weighted by molar-refractivity contribution is 7.99. The van der Waals surface area contributed by atoms with Crippen molar-refractivity contribution in [2.45, 2.75) is 40.8 Å². The molecule has 2 N–H and O–H groups in total. The second-order valence-corrected chi connectivity index (χ2v) is 11.3. The molecule has 5 heterocycles. The molecule has 0 amide bonds. The van der Waals surface area contributed by atoms with Crippen LogP contribution < -0.4 is 5.56 Å². The lowest BCUT2D eigenvalue weighted by Crippen LogP contribution is -2.37. The maximum Gasteiger partial charge on any atom is 0.697 e. The summed E-state index contributed by atoms with van der Waals surface area (Å²) in [7, 11) is -2.46. The van der Waals surface area contributed by atoms with E-state index in [0.717, 1.165) is 29.5 Å². The number of hydrogen-bond acceptors (Lipinski definition) is 9. The zero-order chi connectivity index (χ0) is 28.5. The van der Waals surface area contributed by atoms with Gasteiger partial charge in [-0.15, -0.1) is 9.05 Å². The molecule has 7 rings (SSSR count). The number of halogens is 3.